The molecule has 216 valence electrons. The van der Waals surface area contributed by atoms with Crippen molar-refractivity contribution in [3.05, 3.63) is 77.7 Å². The van der Waals surface area contributed by atoms with Crippen LogP contribution in [0.1, 0.15) is 48.4 Å². The number of thiazole rings is 1. The summed E-state index contributed by atoms with van der Waals surface area (Å²) in [6.07, 6.45) is 1.11. The number of piperazine rings is 1. The summed E-state index contributed by atoms with van der Waals surface area (Å²) in [5.74, 6) is 0.548. The molecule has 0 unspecified atom stereocenters. The van der Waals surface area contributed by atoms with Gasteiger partial charge in [0, 0.05) is 31.7 Å². The first-order chi connectivity index (χ1) is 19.7. The highest BCUT2D eigenvalue weighted by Gasteiger charge is 2.31. The zero-order valence-corrected chi connectivity index (χ0v) is 24.8. The molecule has 0 N–H and O–H groups in total. The fourth-order valence-electron chi connectivity index (χ4n) is 4.72. The van der Waals surface area contributed by atoms with Crippen LogP contribution in [0.4, 0.5) is 9.93 Å². The lowest BCUT2D eigenvalue weighted by Gasteiger charge is -2.33. The molecule has 5 rings (SSSR count). The first-order valence-corrected chi connectivity index (χ1v) is 15.7. The molecule has 0 atom stereocenters. The fraction of sp³-hybridized carbons (Fsp3) is 0.345. The number of rotatable bonds is 8. The number of ether oxygens (including phenoxy) is 1. The number of carbonyl (C=O) groups excluding carboxylic acids is 2. The Bertz CT molecular complexity index is 1620. The molecule has 1 fully saturated rings. The van der Waals surface area contributed by atoms with Gasteiger partial charge in [-0.05, 0) is 60.9 Å². The maximum Gasteiger partial charge on any atom is 0.409 e. The van der Waals surface area contributed by atoms with Crippen molar-refractivity contribution in [3.63, 3.8) is 0 Å². The predicted molar refractivity (Wildman–Crippen MR) is 157 cm³/mol. The largest absolute Gasteiger partial charge is 0.467 e. The van der Waals surface area contributed by atoms with Crippen molar-refractivity contribution in [2.24, 2.45) is 0 Å². The van der Waals surface area contributed by atoms with Gasteiger partial charge in [-0.2, -0.15) is 4.31 Å². The highest BCUT2D eigenvalue weighted by Crippen LogP contribution is 2.35. The molecule has 3 heterocycles. The van der Waals surface area contributed by atoms with Crippen LogP contribution in [0.5, 0.6) is 0 Å². The van der Waals surface area contributed by atoms with E-state index in [0.717, 1.165) is 15.8 Å². The molecule has 0 bridgehead atoms. The summed E-state index contributed by atoms with van der Waals surface area (Å²) in [6.45, 7) is 7.19. The van der Waals surface area contributed by atoms with Crippen LogP contribution >= 0.6 is 11.3 Å². The molecule has 1 saturated heterocycles. The third-order valence-electron chi connectivity index (χ3n) is 6.93. The van der Waals surface area contributed by atoms with E-state index >= 15 is 0 Å². The van der Waals surface area contributed by atoms with Crippen LogP contribution in [0.25, 0.3) is 10.2 Å². The van der Waals surface area contributed by atoms with Gasteiger partial charge in [-0.25, -0.2) is 18.2 Å². The summed E-state index contributed by atoms with van der Waals surface area (Å²) in [5.41, 5.74) is 2.29. The van der Waals surface area contributed by atoms with Gasteiger partial charge in [-0.1, -0.05) is 37.3 Å². The molecule has 2 aromatic heterocycles. The van der Waals surface area contributed by atoms with E-state index in [2.05, 4.69) is 13.8 Å². The van der Waals surface area contributed by atoms with E-state index in [-0.39, 0.29) is 56.1 Å². The summed E-state index contributed by atoms with van der Waals surface area (Å²) in [7, 11) is -3.81. The Morgan fingerprint density at radius 1 is 1.05 bits per heavy atom. The minimum atomic E-state index is -3.81. The van der Waals surface area contributed by atoms with Gasteiger partial charge in [-0.3, -0.25) is 9.69 Å². The molecule has 41 heavy (non-hydrogen) atoms. The lowest BCUT2D eigenvalue weighted by Crippen LogP contribution is -2.50. The van der Waals surface area contributed by atoms with Crippen molar-refractivity contribution in [2.45, 2.75) is 38.1 Å². The second-order valence-corrected chi connectivity index (χ2v) is 12.9. The Kier molecular flexibility index (Phi) is 8.43. The van der Waals surface area contributed by atoms with E-state index in [9.17, 15) is 18.0 Å². The summed E-state index contributed by atoms with van der Waals surface area (Å²) in [4.78, 5) is 33.8. The van der Waals surface area contributed by atoms with Gasteiger partial charge in [0.05, 0.1) is 34.5 Å². The second kappa shape index (κ2) is 12.0. The first kappa shape index (κ1) is 28.8. The number of sulfonamides is 1. The Morgan fingerprint density at radius 3 is 2.41 bits per heavy atom. The SMILES string of the molecule is CCOC(=O)N1CCN(S(=O)(=O)c2ccc(C(=O)N(Cc3ccco3)c3nc4c(C(C)C)cccc4s3)cc2)CC1. The monoisotopic (exact) mass is 596 g/mol. The number of para-hydroxylation sites is 1. The number of anilines is 1. The number of carbonyl (C=O) groups is 2. The molecule has 0 radical (unpaired) electrons. The van der Waals surface area contributed by atoms with Crippen LogP contribution < -0.4 is 4.90 Å². The topological polar surface area (TPSA) is 113 Å². The van der Waals surface area contributed by atoms with E-state index in [0.29, 0.717) is 16.5 Å². The number of amides is 2. The molecule has 0 aliphatic carbocycles. The maximum absolute atomic E-state index is 13.8. The molecular formula is C29H32N4O6S2. The van der Waals surface area contributed by atoms with Gasteiger partial charge in [0.2, 0.25) is 10.0 Å². The van der Waals surface area contributed by atoms with E-state index in [1.165, 1.54) is 44.8 Å². The molecule has 2 aromatic carbocycles. The van der Waals surface area contributed by atoms with Crippen LogP contribution in [0.2, 0.25) is 0 Å². The Hall–Kier alpha value is -3.74. The molecule has 4 aromatic rings. The van der Waals surface area contributed by atoms with Crippen molar-refractivity contribution in [2.75, 3.05) is 37.7 Å². The van der Waals surface area contributed by atoms with Gasteiger partial charge < -0.3 is 14.1 Å². The van der Waals surface area contributed by atoms with Crippen molar-refractivity contribution >= 4 is 48.7 Å². The molecule has 12 heteroatoms. The van der Waals surface area contributed by atoms with Crippen LogP contribution in [-0.2, 0) is 21.3 Å². The summed E-state index contributed by atoms with van der Waals surface area (Å²) >= 11 is 1.43. The van der Waals surface area contributed by atoms with Crippen molar-refractivity contribution in [1.29, 1.82) is 0 Å². The summed E-state index contributed by atoms with van der Waals surface area (Å²) in [5, 5.41) is 0.533. The Labute approximate surface area is 243 Å². The van der Waals surface area contributed by atoms with E-state index < -0.39 is 16.1 Å². The van der Waals surface area contributed by atoms with Gasteiger partial charge in [-0.15, -0.1) is 0 Å². The number of nitrogens with zero attached hydrogens (tertiary/aromatic N) is 4. The molecule has 0 saturated carbocycles. The van der Waals surface area contributed by atoms with Crippen molar-refractivity contribution < 1.29 is 27.2 Å². The quantitative estimate of drug-likeness (QED) is 0.270. The zero-order valence-electron chi connectivity index (χ0n) is 23.1. The highest BCUT2D eigenvalue weighted by atomic mass is 32.2. The average Bonchev–Trinajstić information content (AvgIpc) is 3.65. The second-order valence-electron chi connectivity index (χ2n) is 9.93. The molecule has 2 amide bonds. The predicted octanol–water partition coefficient (Wildman–Crippen LogP) is 5.32. The van der Waals surface area contributed by atoms with Gasteiger partial charge in [0.15, 0.2) is 5.13 Å². The number of fused-ring (bicyclic) bond motifs is 1. The van der Waals surface area contributed by atoms with Gasteiger partial charge in [0.1, 0.15) is 5.76 Å². The number of hydrogen-bond donors (Lipinski definition) is 0. The van der Waals surface area contributed by atoms with E-state index in [1.54, 1.807) is 30.2 Å². The highest BCUT2D eigenvalue weighted by molar-refractivity contribution is 7.89. The minimum absolute atomic E-state index is 0.0813. The molecule has 1 aliphatic rings. The molecule has 0 spiro atoms. The van der Waals surface area contributed by atoms with E-state index in [4.69, 9.17) is 14.1 Å². The van der Waals surface area contributed by atoms with Gasteiger partial charge >= 0.3 is 6.09 Å². The minimum Gasteiger partial charge on any atom is -0.467 e. The number of benzene rings is 2. The smallest absolute Gasteiger partial charge is 0.409 e. The number of hydrogen-bond acceptors (Lipinski definition) is 8. The summed E-state index contributed by atoms with van der Waals surface area (Å²) < 4.78 is 39.5. The normalized spacial score (nSPS) is 14.5. The molecular weight excluding hydrogens is 564 g/mol. The third kappa shape index (κ3) is 5.99. The van der Waals surface area contributed by atoms with E-state index in [1.807, 2.05) is 18.2 Å². The lowest BCUT2D eigenvalue weighted by molar-refractivity contribution is 0.0933. The van der Waals surface area contributed by atoms with Crippen LogP contribution in [0, 0.1) is 0 Å². The maximum atomic E-state index is 13.8. The Morgan fingerprint density at radius 2 is 1.78 bits per heavy atom. The van der Waals surface area contributed by atoms with Crippen molar-refractivity contribution in [3.8, 4) is 0 Å². The zero-order chi connectivity index (χ0) is 29.1. The molecule has 1 aliphatic heterocycles. The van der Waals surface area contributed by atoms with Crippen LogP contribution in [0.15, 0.2) is 70.2 Å². The first-order valence-electron chi connectivity index (χ1n) is 13.4. The standard InChI is InChI=1S/C29H32N4O6S2/c1-4-38-29(35)31-14-16-32(17-15-31)41(36,37)23-12-10-21(11-13-23)27(34)33(19-22-7-6-18-39-22)28-30-26-24(20(2)3)8-5-9-25(26)40-28/h5-13,18,20H,4,14-17,19H2,1-3H3. The average molecular weight is 597 g/mol. The van der Waals surface area contributed by atoms with Crippen molar-refractivity contribution in [1.82, 2.24) is 14.2 Å². The summed E-state index contributed by atoms with van der Waals surface area (Å²) in [6, 6.07) is 15.5. The Balaban J connectivity index is 1.38. The number of aromatic nitrogens is 1. The van der Waals surface area contributed by atoms with Crippen LogP contribution in [0.3, 0.4) is 0 Å². The lowest BCUT2D eigenvalue weighted by atomic mass is 10.0. The third-order valence-corrected chi connectivity index (χ3v) is 9.89. The number of furan rings is 1. The van der Waals surface area contributed by atoms with Crippen LogP contribution in [-0.4, -0.2) is 67.4 Å². The fourth-order valence-corrected chi connectivity index (χ4v) is 7.14. The van der Waals surface area contributed by atoms with Gasteiger partial charge in [0.25, 0.3) is 5.91 Å². The molecule has 10 nitrogen and oxygen atoms in total.